The van der Waals surface area contributed by atoms with Gasteiger partial charge in [-0.1, -0.05) is 0 Å². The van der Waals surface area contributed by atoms with E-state index in [1.807, 2.05) is 24.3 Å². The molecule has 0 amide bonds. The molecule has 2 aliphatic rings. The number of ether oxygens (including phenoxy) is 4. The molecular formula is C14H9O6P. The monoisotopic (exact) mass is 304 g/mol. The molecule has 0 saturated carbocycles. The molecule has 5 rings (SSSR count). The van der Waals surface area contributed by atoms with Gasteiger partial charge in [0, 0.05) is 0 Å². The van der Waals surface area contributed by atoms with Gasteiger partial charge in [-0.2, -0.15) is 0 Å². The van der Waals surface area contributed by atoms with Crippen LogP contribution in [0.4, 0.5) is 0 Å². The zero-order chi connectivity index (χ0) is 13.8. The molecule has 106 valence electrons. The van der Waals surface area contributed by atoms with E-state index in [0.717, 1.165) is 10.8 Å². The lowest BCUT2D eigenvalue weighted by atomic mass is 10.1. The summed E-state index contributed by atoms with van der Waals surface area (Å²) in [6, 6.07) is 7.36. The molecule has 0 aliphatic carbocycles. The topological polar surface area (TPSA) is 63.2 Å². The van der Waals surface area contributed by atoms with Crippen molar-refractivity contribution in [2.75, 3.05) is 13.6 Å². The van der Waals surface area contributed by atoms with Gasteiger partial charge in [0.05, 0.1) is 10.8 Å². The van der Waals surface area contributed by atoms with Crippen molar-refractivity contribution < 1.29 is 27.3 Å². The fraction of sp³-hybridized carbons (Fsp3) is 0.143. The number of fused-ring (bicyclic) bond motifs is 7. The minimum absolute atomic E-state index is 0.134. The quantitative estimate of drug-likeness (QED) is 0.629. The Morgan fingerprint density at radius 2 is 1.19 bits per heavy atom. The van der Waals surface area contributed by atoms with Crippen LogP contribution >= 0.6 is 8.67 Å². The van der Waals surface area contributed by atoms with Crippen LogP contribution in [0.3, 0.4) is 0 Å². The van der Waals surface area contributed by atoms with Gasteiger partial charge in [-0.3, -0.25) is 0 Å². The van der Waals surface area contributed by atoms with Crippen LogP contribution in [0.25, 0.3) is 21.9 Å². The van der Waals surface area contributed by atoms with Gasteiger partial charge < -0.3 is 27.3 Å². The second-order valence-corrected chi connectivity index (χ2v) is 5.21. The molecule has 0 fully saturated rings. The van der Waals surface area contributed by atoms with Gasteiger partial charge in [-0.05, 0) is 24.3 Å². The average Bonchev–Trinajstić information content (AvgIpc) is 3.12. The molecule has 3 aromatic rings. The van der Waals surface area contributed by atoms with Crippen LogP contribution in [0.2, 0.25) is 0 Å². The van der Waals surface area contributed by atoms with Gasteiger partial charge in [-0.15, -0.1) is 0 Å². The van der Waals surface area contributed by atoms with Crippen LogP contribution in [-0.2, 0) is 0 Å². The standard InChI is InChI=1S/C14H9O6P/c1-3-9-13(17-5-15-9)11-7(1)19-21-20-8-2-4-10-14(12(8)11)18-6-16-10/h1-4,21H,5-6H2. The number of rotatable bonds is 0. The number of hydrogen-bond acceptors (Lipinski definition) is 6. The highest BCUT2D eigenvalue weighted by atomic mass is 31.1. The van der Waals surface area contributed by atoms with E-state index >= 15 is 0 Å². The Kier molecular flexibility index (Phi) is 2.15. The zero-order valence-electron chi connectivity index (χ0n) is 10.7. The lowest BCUT2D eigenvalue weighted by Crippen LogP contribution is -1.93. The third-order valence-corrected chi connectivity index (χ3v) is 4.16. The maximum Gasteiger partial charge on any atom is 0.231 e. The van der Waals surface area contributed by atoms with Crippen LogP contribution < -0.4 is 18.9 Å². The predicted molar refractivity (Wildman–Crippen MR) is 75.4 cm³/mol. The number of hydrogen-bond donors (Lipinski definition) is 0. The smallest absolute Gasteiger partial charge is 0.231 e. The zero-order valence-corrected chi connectivity index (χ0v) is 11.7. The first-order chi connectivity index (χ1) is 10.4. The van der Waals surface area contributed by atoms with Gasteiger partial charge in [0.15, 0.2) is 23.0 Å². The third kappa shape index (κ3) is 1.48. The first kappa shape index (κ1) is 11.2. The summed E-state index contributed by atoms with van der Waals surface area (Å²) in [5.74, 6) is 2.66. The Bertz CT molecular complexity index is 843. The molecule has 21 heavy (non-hydrogen) atoms. The average molecular weight is 304 g/mol. The summed E-state index contributed by atoms with van der Waals surface area (Å²) in [5, 5.41) is 1.57. The maximum atomic E-state index is 5.69. The molecule has 0 saturated heterocycles. The lowest BCUT2D eigenvalue weighted by molar-refractivity contribution is 0.174. The minimum Gasteiger partial charge on any atom is -0.454 e. The molecule has 6 nitrogen and oxygen atoms in total. The molecule has 7 heteroatoms. The molecule has 1 aromatic heterocycles. The van der Waals surface area contributed by atoms with E-state index in [9.17, 15) is 0 Å². The normalized spacial score (nSPS) is 14.9. The van der Waals surface area contributed by atoms with E-state index in [2.05, 4.69) is 0 Å². The van der Waals surface area contributed by atoms with Crippen molar-refractivity contribution in [3.05, 3.63) is 24.3 Å². The summed E-state index contributed by atoms with van der Waals surface area (Å²) in [6.45, 7) is 0.382. The van der Waals surface area contributed by atoms with Crippen LogP contribution in [0.15, 0.2) is 32.7 Å². The van der Waals surface area contributed by atoms with Crippen molar-refractivity contribution in [2.24, 2.45) is 0 Å². The van der Waals surface area contributed by atoms with Crippen molar-refractivity contribution in [3.63, 3.8) is 0 Å². The first-order valence-electron chi connectivity index (χ1n) is 6.36. The number of benzene rings is 2. The predicted octanol–water partition coefficient (Wildman–Crippen LogP) is 3.79. The molecule has 0 atom stereocenters. The van der Waals surface area contributed by atoms with E-state index in [0.29, 0.717) is 34.2 Å². The van der Waals surface area contributed by atoms with E-state index in [4.69, 9.17) is 27.3 Å². The third-order valence-electron chi connectivity index (χ3n) is 3.56. The SMILES string of the molecule is c1cc2o[pH]oc3ccc4c(c3c2c2c1OCO2)OCO4. The molecule has 2 aliphatic heterocycles. The van der Waals surface area contributed by atoms with Crippen LogP contribution in [0.1, 0.15) is 0 Å². The molecular weight excluding hydrogens is 295 g/mol. The second-order valence-electron chi connectivity index (χ2n) is 4.63. The molecule has 3 heterocycles. The molecule has 2 aromatic carbocycles. The van der Waals surface area contributed by atoms with E-state index in [-0.39, 0.29) is 22.3 Å². The van der Waals surface area contributed by atoms with Crippen molar-refractivity contribution in [1.82, 2.24) is 0 Å². The van der Waals surface area contributed by atoms with Crippen molar-refractivity contribution >= 4 is 30.6 Å². The summed E-state index contributed by atoms with van der Waals surface area (Å²) >= 11 is 0. The van der Waals surface area contributed by atoms with Gasteiger partial charge in [0.2, 0.25) is 22.3 Å². The summed E-state index contributed by atoms with van der Waals surface area (Å²) in [4.78, 5) is 0. The maximum absolute atomic E-state index is 5.69. The summed E-state index contributed by atoms with van der Waals surface area (Å²) < 4.78 is 33.5. The highest BCUT2D eigenvalue weighted by Gasteiger charge is 2.25. The van der Waals surface area contributed by atoms with Crippen molar-refractivity contribution in [3.8, 4) is 23.0 Å². The van der Waals surface area contributed by atoms with E-state index < -0.39 is 0 Å². The Morgan fingerprint density at radius 1 is 0.667 bits per heavy atom. The second kappa shape index (κ2) is 4.02. The molecule has 0 unspecified atom stereocenters. The minimum atomic E-state index is -0.134. The fourth-order valence-electron chi connectivity index (χ4n) is 2.66. The fourth-order valence-corrected chi connectivity index (χ4v) is 3.22. The Hall–Kier alpha value is -2.46. The molecule has 0 radical (unpaired) electrons. The molecule has 0 bridgehead atoms. The first-order valence-corrected chi connectivity index (χ1v) is 7.18. The van der Waals surface area contributed by atoms with Crippen molar-refractivity contribution in [2.45, 2.75) is 0 Å². The van der Waals surface area contributed by atoms with Gasteiger partial charge in [0.1, 0.15) is 11.2 Å². The largest absolute Gasteiger partial charge is 0.454 e. The van der Waals surface area contributed by atoms with Crippen LogP contribution in [0.5, 0.6) is 23.0 Å². The lowest BCUT2D eigenvalue weighted by Gasteiger charge is -2.03. The highest BCUT2D eigenvalue weighted by Crippen LogP contribution is 2.48. The molecule has 0 N–H and O–H groups in total. The Labute approximate surface area is 119 Å². The summed E-state index contributed by atoms with van der Waals surface area (Å²) in [5.41, 5.74) is 1.36. The van der Waals surface area contributed by atoms with E-state index in [1.54, 1.807) is 0 Å². The summed E-state index contributed by atoms with van der Waals surface area (Å²) in [6.07, 6.45) is 0. The van der Waals surface area contributed by atoms with Gasteiger partial charge >= 0.3 is 0 Å². The Morgan fingerprint density at radius 3 is 1.71 bits per heavy atom. The van der Waals surface area contributed by atoms with Gasteiger partial charge in [0.25, 0.3) is 0 Å². The molecule has 0 spiro atoms. The van der Waals surface area contributed by atoms with Gasteiger partial charge in [-0.25, -0.2) is 0 Å². The highest BCUT2D eigenvalue weighted by molar-refractivity contribution is 7.15. The van der Waals surface area contributed by atoms with Crippen LogP contribution in [0, 0.1) is 0 Å². The summed E-state index contributed by atoms with van der Waals surface area (Å²) in [7, 11) is -0.134. The van der Waals surface area contributed by atoms with Crippen LogP contribution in [-0.4, -0.2) is 13.6 Å². The Balaban J connectivity index is 2.09. The van der Waals surface area contributed by atoms with E-state index in [1.165, 1.54) is 0 Å². The van der Waals surface area contributed by atoms with Crippen molar-refractivity contribution in [1.29, 1.82) is 0 Å².